The van der Waals surface area contributed by atoms with Crippen LogP contribution in [0.3, 0.4) is 0 Å². The molecule has 3 heteroatoms. The smallest absolute Gasteiger partial charge is 0.222 e. The summed E-state index contributed by atoms with van der Waals surface area (Å²) in [6, 6.07) is 10.2. The minimum absolute atomic E-state index is 0.0217. The number of hydrogen-bond donors (Lipinski definition) is 1. The average molecular weight is 316 g/mol. The second-order valence-corrected chi connectivity index (χ2v) is 7.52. The Morgan fingerprint density at radius 1 is 1.09 bits per heavy atom. The van der Waals surface area contributed by atoms with E-state index in [1.54, 1.807) is 0 Å². The molecule has 1 spiro atoms. The Balaban J connectivity index is 1.81. The van der Waals surface area contributed by atoms with Crippen molar-refractivity contribution in [3.63, 3.8) is 0 Å². The number of aliphatic hydroxyl groups is 1. The molecule has 1 aromatic rings. The maximum absolute atomic E-state index is 10.7. The number of benzene rings is 1. The minimum atomic E-state index is -0.775. The van der Waals surface area contributed by atoms with Crippen LogP contribution in [0.5, 0.6) is 0 Å². The van der Waals surface area contributed by atoms with E-state index in [1.165, 1.54) is 0 Å². The second kappa shape index (κ2) is 6.39. The van der Waals surface area contributed by atoms with Gasteiger partial charge in [0.25, 0.3) is 0 Å². The first kappa shape index (κ1) is 16.7. The Morgan fingerprint density at radius 3 is 2.35 bits per heavy atom. The van der Waals surface area contributed by atoms with Crippen LogP contribution in [0.25, 0.3) is 5.57 Å². The van der Waals surface area contributed by atoms with E-state index in [2.05, 4.69) is 32.9 Å². The molecule has 2 aliphatic rings. The summed E-state index contributed by atoms with van der Waals surface area (Å²) in [5.41, 5.74) is 3.10. The van der Waals surface area contributed by atoms with Crippen molar-refractivity contribution in [3.05, 3.63) is 41.5 Å². The van der Waals surface area contributed by atoms with Crippen molar-refractivity contribution in [2.45, 2.75) is 58.3 Å². The van der Waals surface area contributed by atoms with Crippen LogP contribution in [0.1, 0.15) is 52.0 Å². The molecule has 1 N–H and O–H groups in total. The first-order valence-corrected chi connectivity index (χ1v) is 8.77. The molecule has 1 aliphatic heterocycles. The Bertz CT molecular complexity index is 564. The summed E-state index contributed by atoms with van der Waals surface area (Å²) in [5, 5.41) is 10.7. The number of aliphatic hydroxyl groups excluding tert-OH is 1. The van der Waals surface area contributed by atoms with E-state index in [1.807, 2.05) is 18.2 Å². The molecular weight excluding hydrogens is 288 g/mol. The van der Waals surface area contributed by atoms with Crippen LogP contribution in [0.2, 0.25) is 0 Å². The van der Waals surface area contributed by atoms with E-state index < -0.39 is 11.9 Å². The molecule has 126 valence electrons. The van der Waals surface area contributed by atoms with E-state index in [9.17, 15) is 5.11 Å². The van der Waals surface area contributed by atoms with Crippen LogP contribution < -0.4 is 0 Å². The van der Waals surface area contributed by atoms with Crippen LogP contribution in [0.4, 0.5) is 0 Å². The molecule has 23 heavy (non-hydrogen) atoms. The van der Waals surface area contributed by atoms with Crippen LogP contribution >= 0.6 is 0 Å². The first-order valence-electron chi connectivity index (χ1n) is 8.77. The van der Waals surface area contributed by atoms with Gasteiger partial charge in [-0.05, 0) is 12.0 Å². The van der Waals surface area contributed by atoms with Gasteiger partial charge in [0.1, 0.15) is 0 Å². The SMILES string of the molecule is CCCCCC(O)C1=C(c2ccccc2)C12OCC(C)(C)CO2. The largest absolute Gasteiger partial charge is 0.389 e. The van der Waals surface area contributed by atoms with Crippen molar-refractivity contribution in [2.24, 2.45) is 5.41 Å². The van der Waals surface area contributed by atoms with Gasteiger partial charge in [-0.2, -0.15) is 0 Å². The summed E-state index contributed by atoms with van der Waals surface area (Å²) < 4.78 is 12.3. The van der Waals surface area contributed by atoms with Gasteiger partial charge in [0.05, 0.1) is 19.3 Å². The lowest BCUT2D eigenvalue weighted by atomic mass is 9.95. The molecular formula is C20H28O3. The Hall–Kier alpha value is -1.16. The zero-order valence-electron chi connectivity index (χ0n) is 14.5. The van der Waals surface area contributed by atoms with E-state index in [0.29, 0.717) is 13.2 Å². The quantitative estimate of drug-likeness (QED) is 0.801. The first-order chi connectivity index (χ1) is 11.0. The van der Waals surface area contributed by atoms with Crippen molar-refractivity contribution >= 4 is 5.57 Å². The van der Waals surface area contributed by atoms with Crippen molar-refractivity contribution in [1.29, 1.82) is 0 Å². The summed E-state index contributed by atoms with van der Waals surface area (Å²) in [4.78, 5) is 0. The van der Waals surface area contributed by atoms with Gasteiger partial charge < -0.3 is 14.6 Å². The average Bonchev–Trinajstić information content (AvgIpc) is 3.20. The van der Waals surface area contributed by atoms with E-state index >= 15 is 0 Å². The summed E-state index contributed by atoms with van der Waals surface area (Å²) in [5.74, 6) is -0.775. The topological polar surface area (TPSA) is 38.7 Å². The Kier molecular flexibility index (Phi) is 4.63. The number of ether oxygens (including phenoxy) is 2. The third-order valence-corrected chi connectivity index (χ3v) is 4.70. The maximum Gasteiger partial charge on any atom is 0.222 e. The van der Waals surface area contributed by atoms with Gasteiger partial charge in [-0.15, -0.1) is 0 Å². The molecule has 0 bridgehead atoms. The summed E-state index contributed by atoms with van der Waals surface area (Å²) >= 11 is 0. The minimum Gasteiger partial charge on any atom is -0.389 e. The highest BCUT2D eigenvalue weighted by molar-refractivity contribution is 5.92. The van der Waals surface area contributed by atoms with Gasteiger partial charge >= 0.3 is 0 Å². The van der Waals surface area contributed by atoms with Gasteiger partial charge in [-0.3, -0.25) is 0 Å². The molecule has 1 aromatic carbocycles. The second-order valence-electron chi connectivity index (χ2n) is 7.52. The molecule has 1 unspecified atom stereocenters. The molecule has 0 aromatic heterocycles. The third-order valence-electron chi connectivity index (χ3n) is 4.70. The van der Waals surface area contributed by atoms with Crippen molar-refractivity contribution < 1.29 is 14.6 Å². The third kappa shape index (κ3) is 3.23. The van der Waals surface area contributed by atoms with Gasteiger partial charge in [0.15, 0.2) is 0 Å². The summed E-state index contributed by atoms with van der Waals surface area (Å²) in [6.07, 6.45) is 3.64. The zero-order chi connectivity index (χ0) is 16.5. The van der Waals surface area contributed by atoms with Gasteiger partial charge in [-0.1, -0.05) is 70.4 Å². The molecule has 1 heterocycles. The molecule has 3 rings (SSSR count). The van der Waals surface area contributed by atoms with Crippen molar-refractivity contribution in [1.82, 2.24) is 0 Å². The fourth-order valence-corrected chi connectivity index (χ4v) is 3.31. The Morgan fingerprint density at radius 2 is 1.74 bits per heavy atom. The van der Waals surface area contributed by atoms with E-state index in [4.69, 9.17) is 9.47 Å². The predicted molar refractivity (Wildman–Crippen MR) is 91.9 cm³/mol. The Labute approximate surface area is 139 Å². The van der Waals surface area contributed by atoms with Crippen molar-refractivity contribution in [2.75, 3.05) is 13.2 Å². The van der Waals surface area contributed by atoms with Crippen LogP contribution in [-0.4, -0.2) is 30.2 Å². The predicted octanol–water partition coefficient (Wildman–Crippen LogP) is 4.16. The van der Waals surface area contributed by atoms with Gasteiger partial charge in [0.2, 0.25) is 5.79 Å². The van der Waals surface area contributed by atoms with Crippen LogP contribution in [0.15, 0.2) is 35.9 Å². The lowest BCUT2D eigenvalue weighted by Gasteiger charge is -2.37. The highest BCUT2D eigenvalue weighted by atomic mass is 16.7. The fraction of sp³-hybridized carbons (Fsp3) is 0.600. The number of unbranched alkanes of at least 4 members (excludes halogenated alkanes) is 2. The van der Waals surface area contributed by atoms with Crippen LogP contribution in [-0.2, 0) is 9.47 Å². The maximum atomic E-state index is 10.7. The highest BCUT2D eigenvalue weighted by Crippen LogP contribution is 2.58. The summed E-state index contributed by atoms with van der Waals surface area (Å²) in [7, 11) is 0. The zero-order valence-corrected chi connectivity index (χ0v) is 14.5. The molecule has 1 saturated heterocycles. The number of hydrogen-bond acceptors (Lipinski definition) is 3. The summed E-state index contributed by atoms with van der Waals surface area (Å²) in [6.45, 7) is 7.75. The number of rotatable bonds is 6. The molecule has 1 fully saturated rings. The van der Waals surface area contributed by atoms with Crippen molar-refractivity contribution in [3.8, 4) is 0 Å². The normalized spacial score (nSPS) is 23.1. The molecule has 1 aliphatic carbocycles. The monoisotopic (exact) mass is 316 g/mol. The van der Waals surface area contributed by atoms with E-state index in [-0.39, 0.29) is 5.41 Å². The van der Waals surface area contributed by atoms with Gasteiger partial charge in [0, 0.05) is 16.6 Å². The highest BCUT2D eigenvalue weighted by Gasteiger charge is 2.61. The van der Waals surface area contributed by atoms with Crippen LogP contribution in [0, 0.1) is 5.41 Å². The molecule has 0 amide bonds. The molecule has 1 atom stereocenters. The lowest BCUT2D eigenvalue weighted by Crippen LogP contribution is -2.42. The molecule has 3 nitrogen and oxygen atoms in total. The standard InChI is InChI=1S/C20H28O3/c1-4-5-7-12-16(21)18-17(15-10-8-6-9-11-15)20(18)22-13-19(2,3)14-23-20/h6,8-11,16,21H,4-5,7,12-14H2,1-3H3. The lowest BCUT2D eigenvalue weighted by molar-refractivity contribution is -0.229. The fourth-order valence-electron chi connectivity index (χ4n) is 3.31. The van der Waals surface area contributed by atoms with E-state index in [0.717, 1.165) is 42.4 Å². The molecule has 0 saturated carbocycles. The van der Waals surface area contributed by atoms with Gasteiger partial charge in [-0.25, -0.2) is 0 Å². The molecule has 0 radical (unpaired) electrons.